The molecular weight excluding hydrogens is 396 g/mol. The summed E-state index contributed by atoms with van der Waals surface area (Å²) in [6.45, 7) is 5.90. The molecule has 0 aliphatic carbocycles. The van der Waals surface area contributed by atoms with Crippen molar-refractivity contribution >= 4 is 27.3 Å². The number of hydrogen-bond acceptors (Lipinski definition) is 6. The summed E-state index contributed by atoms with van der Waals surface area (Å²) >= 11 is 1.61. The molecule has 1 atom stereocenters. The van der Waals surface area contributed by atoms with Crippen LogP contribution in [0, 0.1) is 20.8 Å². The van der Waals surface area contributed by atoms with Crippen LogP contribution in [0.2, 0.25) is 0 Å². The number of nitrogens with one attached hydrogen (secondary N) is 1. The lowest BCUT2D eigenvalue weighted by molar-refractivity contribution is 0.489. The Morgan fingerprint density at radius 2 is 1.68 bits per heavy atom. The van der Waals surface area contributed by atoms with E-state index in [1.807, 2.05) is 43.7 Å². The SMILES string of the molecule is Cc1cc(C)nc(C[C@@H](Cc2ccc(NS(=O)(=O)O)cc2)c2csc(C)n2)n1. The fourth-order valence-electron chi connectivity index (χ4n) is 3.10. The summed E-state index contributed by atoms with van der Waals surface area (Å²) in [7, 11) is -4.28. The molecule has 0 bridgehead atoms. The van der Waals surface area contributed by atoms with Crippen molar-refractivity contribution in [2.75, 3.05) is 4.72 Å². The van der Waals surface area contributed by atoms with E-state index in [9.17, 15) is 8.42 Å². The molecule has 28 heavy (non-hydrogen) atoms. The van der Waals surface area contributed by atoms with Gasteiger partial charge in [-0.15, -0.1) is 11.3 Å². The third-order valence-corrected chi connectivity index (χ3v) is 5.48. The molecule has 148 valence electrons. The number of aromatic nitrogens is 3. The molecule has 9 heteroatoms. The smallest absolute Gasteiger partial charge is 0.269 e. The van der Waals surface area contributed by atoms with Crippen molar-refractivity contribution < 1.29 is 13.0 Å². The van der Waals surface area contributed by atoms with Gasteiger partial charge in [-0.2, -0.15) is 8.42 Å². The first kappa shape index (κ1) is 20.4. The zero-order valence-corrected chi connectivity index (χ0v) is 17.5. The van der Waals surface area contributed by atoms with E-state index in [1.165, 1.54) is 0 Å². The van der Waals surface area contributed by atoms with Crippen LogP contribution in [-0.4, -0.2) is 27.9 Å². The number of nitrogens with zero attached hydrogens (tertiary/aromatic N) is 3. The van der Waals surface area contributed by atoms with E-state index in [0.29, 0.717) is 18.5 Å². The second-order valence-electron chi connectivity index (χ2n) is 6.74. The molecule has 0 saturated heterocycles. The Hall–Kier alpha value is -2.36. The maximum absolute atomic E-state index is 10.9. The molecular formula is C19H22N4O3S2. The van der Waals surface area contributed by atoms with E-state index in [1.54, 1.807) is 23.5 Å². The minimum absolute atomic E-state index is 0.103. The standard InChI is InChI=1S/C19H22N4O3S2/c1-12-8-13(2)21-19(20-12)10-16(18-11-27-14(3)22-18)9-15-4-6-17(7-5-15)23-28(24,25)26/h4-8,11,16,23H,9-10H2,1-3H3,(H,24,25,26)/t16-/m1/s1. The number of anilines is 1. The Bertz CT molecular complexity index is 1040. The first-order chi connectivity index (χ1) is 13.2. The van der Waals surface area contributed by atoms with Gasteiger partial charge in [-0.1, -0.05) is 12.1 Å². The van der Waals surface area contributed by atoms with Gasteiger partial charge in [0.1, 0.15) is 5.82 Å². The molecule has 0 aliphatic heterocycles. The summed E-state index contributed by atoms with van der Waals surface area (Å²) in [5.74, 6) is 0.893. The van der Waals surface area contributed by atoms with Gasteiger partial charge < -0.3 is 0 Å². The number of aryl methyl sites for hydroxylation is 3. The molecule has 0 radical (unpaired) electrons. The summed E-state index contributed by atoms with van der Waals surface area (Å²) < 4.78 is 32.8. The quantitative estimate of drug-likeness (QED) is 0.568. The summed E-state index contributed by atoms with van der Waals surface area (Å²) in [6.07, 6.45) is 1.38. The van der Waals surface area contributed by atoms with Crippen molar-refractivity contribution in [1.82, 2.24) is 15.0 Å². The third-order valence-electron chi connectivity index (χ3n) is 4.20. The van der Waals surface area contributed by atoms with Crippen LogP contribution >= 0.6 is 11.3 Å². The Balaban J connectivity index is 1.83. The fourth-order valence-corrected chi connectivity index (χ4v) is 4.23. The van der Waals surface area contributed by atoms with Gasteiger partial charge in [-0.25, -0.2) is 15.0 Å². The minimum atomic E-state index is -4.28. The zero-order valence-electron chi connectivity index (χ0n) is 15.9. The van der Waals surface area contributed by atoms with Crippen molar-refractivity contribution in [3.63, 3.8) is 0 Å². The van der Waals surface area contributed by atoms with Crippen LogP contribution < -0.4 is 4.72 Å². The van der Waals surface area contributed by atoms with E-state index >= 15 is 0 Å². The molecule has 2 heterocycles. The Kier molecular flexibility index (Phi) is 6.07. The lowest BCUT2D eigenvalue weighted by atomic mass is 9.93. The average Bonchev–Trinajstić information content (AvgIpc) is 3.00. The topological polar surface area (TPSA) is 105 Å². The molecule has 3 rings (SSSR count). The van der Waals surface area contributed by atoms with Crippen LogP contribution in [0.15, 0.2) is 35.7 Å². The lowest BCUT2D eigenvalue weighted by Crippen LogP contribution is -2.12. The van der Waals surface area contributed by atoms with E-state index in [0.717, 1.165) is 33.5 Å². The Labute approximate surface area is 168 Å². The van der Waals surface area contributed by atoms with Crippen LogP contribution in [0.1, 0.15) is 39.4 Å². The molecule has 0 unspecified atom stereocenters. The summed E-state index contributed by atoms with van der Waals surface area (Å²) in [5.41, 5.74) is 4.23. The second-order valence-corrected chi connectivity index (χ2v) is 8.95. The first-order valence-electron chi connectivity index (χ1n) is 8.75. The van der Waals surface area contributed by atoms with Gasteiger partial charge in [0.2, 0.25) is 0 Å². The first-order valence-corrected chi connectivity index (χ1v) is 11.1. The van der Waals surface area contributed by atoms with Crippen molar-refractivity contribution in [2.24, 2.45) is 0 Å². The molecule has 1 aromatic carbocycles. The highest BCUT2D eigenvalue weighted by molar-refractivity contribution is 7.87. The fraction of sp³-hybridized carbons (Fsp3) is 0.316. The highest BCUT2D eigenvalue weighted by Crippen LogP contribution is 2.26. The Morgan fingerprint density at radius 3 is 2.21 bits per heavy atom. The summed E-state index contributed by atoms with van der Waals surface area (Å²) in [4.78, 5) is 13.8. The number of hydrogen-bond donors (Lipinski definition) is 2. The number of benzene rings is 1. The predicted molar refractivity (Wildman–Crippen MR) is 110 cm³/mol. The van der Waals surface area contributed by atoms with Gasteiger partial charge in [0.25, 0.3) is 0 Å². The molecule has 2 aromatic heterocycles. The van der Waals surface area contributed by atoms with Crippen molar-refractivity contribution in [1.29, 1.82) is 0 Å². The molecule has 0 amide bonds. The highest BCUT2D eigenvalue weighted by atomic mass is 32.2. The maximum atomic E-state index is 10.9. The maximum Gasteiger partial charge on any atom is 0.357 e. The van der Waals surface area contributed by atoms with Crippen LogP contribution in [0.5, 0.6) is 0 Å². The molecule has 0 spiro atoms. The predicted octanol–water partition coefficient (Wildman–Crippen LogP) is 3.64. The summed E-state index contributed by atoms with van der Waals surface area (Å²) in [6, 6.07) is 8.87. The van der Waals surface area contributed by atoms with E-state index in [4.69, 9.17) is 4.55 Å². The van der Waals surface area contributed by atoms with Crippen LogP contribution in [0.4, 0.5) is 5.69 Å². The van der Waals surface area contributed by atoms with Crippen LogP contribution in [-0.2, 0) is 23.1 Å². The van der Waals surface area contributed by atoms with Gasteiger partial charge in [-0.3, -0.25) is 9.27 Å². The van der Waals surface area contributed by atoms with E-state index in [2.05, 4.69) is 20.3 Å². The highest BCUT2D eigenvalue weighted by Gasteiger charge is 2.18. The molecule has 0 aliphatic rings. The molecule has 0 saturated carbocycles. The van der Waals surface area contributed by atoms with Crippen LogP contribution in [0.25, 0.3) is 0 Å². The summed E-state index contributed by atoms with van der Waals surface area (Å²) in [5, 5.41) is 3.07. The monoisotopic (exact) mass is 418 g/mol. The van der Waals surface area contributed by atoms with E-state index < -0.39 is 10.3 Å². The van der Waals surface area contributed by atoms with Crippen molar-refractivity contribution in [3.8, 4) is 0 Å². The second kappa shape index (κ2) is 8.34. The van der Waals surface area contributed by atoms with Gasteiger partial charge in [0.15, 0.2) is 0 Å². The number of rotatable bonds is 7. The van der Waals surface area contributed by atoms with Crippen LogP contribution in [0.3, 0.4) is 0 Å². The minimum Gasteiger partial charge on any atom is -0.269 e. The largest absolute Gasteiger partial charge is 0.357 e. The third kappa shape index (κ3) is 5.82. The normalized spacial score (nSPS) is 12.7. The number of thiazole rings is 1. The average molecular weight is 419 g/mol. The van der Waals surface area contributed by atoms with Crippen molar-refractivity contribution in [2.45, 2.75) is 39.5 Å². The molecule has 7 nitrogen and oxygen atoms in total. The zero-order chi connectivity index (χ0) is 20.3. The van der Waals surface area contributed by atoms with Gasteiger partial charge in [0, 0.05) is 29.1 Å². The molecule has 0 fully saturated rings. The molecule has 3 aromatic rings. The molecule has 2 N–H and O–H groups in total. The van der Waals surface area contributed by atoms with E-state index in [-0.39, 0.29) is 5.92 Å². The van der Waals surface area contributed by atoms with Gasteiger partial charge in [-0.05, 0) is 51.0 Å². The Morgan fingerprint density at radius 1 is 1.04 bits per heavy atom. The van der Waals surface area contributed by atoms with Gasteiger partial charge >= 0.3 is 10.3 Å². The lowest BCUT2D eigenvalue weighted by Gasteiger charge is -2.15. The van der Waals surface area contributed by atoms with Crippen molar-refractivity contribution in [3.05, 3.63) is 69.2 Å². The van der Waals surface area contributed by atoms with Gasteiger partial charge in [0.05, 0.1) is 16.4 Å².